The molecule has 3 atom stereocenters. The van der Waals surface area contributed by atoms with Crippen molar-refractivity contribution in [1.82, 2.24) is 4.90 Å². The summed E-state index contributed by atoms with van der Waals surface area (Å²) in [5, 5.41) is 9.85. The summed E-state index contributed by atoms with van der Waals surface area (Å²) in [6.07, 6.45) is 1.95. The molecule has 1 aromatic carbocycles. The maximum atomic E-state index is 12.7. The lowest BCUT2D eigenvalue weighted by Gasteiger charge is -2.18. The first-order valence-electron chi connectivity index (χ1n) is 7.47. The minimum Gasteiger partial charge on any atom is -0.493 e. The van der Waals surface area contributed by atoms with E-state index in [9.17, 15) is 14.3 Å². The maximum absolute atomic E-state index is 12.7. The first-order valence-corrected chi connectivity index (χ1v) is 7.47. The molecule has 1 heterocycles. The number of likely N-dealkylation sites (tertiary alicyclic amines) is 1. The van der Waals surface area contributed by atoms with E-state index in [-0.39, 0.29) is 23.7 Å². The van der Waals surface area contributed by atoms with Gasteiger partial charge >= 0.3 is 0 Å². The Labute approximate surface area is 123 Å². The van der Waals surface area contributed by atoms with Crippen molar-refractivity contribution in [3.05, 3.63) is 30.1 Å². The smallest absolute Gasteiger partial charge is 0.226 e. The van der Waals surface area contributed by atoms with Crippen LogP contribution in [0, 0.1) is 17.7 Å². The van der Waals surface area contributed by atoms with Crippen LogP contribution in [0.1, 0.15) is 19.3 Å². The number of carbonyl (C=O) groups excluding carboxylic acids is 1. The molecule has 1 amide bonds. The Hall–Kier alpha value is -1.62. The van der Waals surface area contributed by atoms with Crippen LogP contribution in [0.3, 0.4) is 0 Å². The van der Waals surface area contributed by atoms with Gasteiger partial charge in [-0.1, -0.05) is 0 Å². The number of ether oxygens (including phenoxy) is 1. The van der Waals surface area contributed by atoms with Crippen LogP contribution in [0.15, 0.2) is 24.3 Å². The first-order chi connectivity index (χ1) is 10.1. The zero-order chi connectivity index (χ0) is 14.8. The van der Waals surface area contributed by atoms with E-state index in [0.717, 1.165) is 19.4 Å². The lowest BCUT2D eigenvalue weighted by atomic mass is 10.00. The van der Waals surface area contributed by atoms with Crippen LogP contribution in [-0.2, 0) is 4.79 Å². The highest BCUT2D eigenvalue weighted by molar-refractivity contribution is 5.76. The highest BCUT2D eigenvalue weighted by atomic mass is 19.1. The van der Waals surface area contributed by atoms with Crippen molar-refractivity contribution < 1.29 is 19.0 Å². The van der Waals surface area contributed by atoms with Gasteiger partial charge in [0.2, 0.25) is 5.91 Å². The van der Waals surface area contributed by atoms with Gasteiger partial charge in [-0.2, -0.15) is 0 Å². The van der Waals surface area contributed by atoms with Gasteiger partial charge in [0.05, 0.1) is 19.1 Å². The van der Waals surface area contributed by atoms with Crippen molar-refractivity contribution in [2.24, 2.45) is 11.8 Å². The molecule has 1 saturated heterocycles. The molecule has 1 aromatic rings. The molecule has 3 unspecified atom stereocenters. The van der Waals surface area contributed by atoms with Crippen LogP contribution < -0.4 is 4.74 Å². The largest absolute Gasteiger partial charge is 0.493 e. The second kappa shape index (κ2) is 6.02. The van der Waals surface area contributed by atoms with Crippen molar-refractivity contribution in [3.63, 3.8) is 0 Å². The van der Waals surface area contributed by atoms with Gasteiger partial charge in [-0.15, -0.1) is 0 Å². The average molecular weight is 293 g/mol. The van der Waals surface area contributed by atoms with Crippen molar-refractivity contribution >= 4 is 5.91 Å². The molecule has 1 aliphatic carbocycles. The Morgan fingerprint density at radius 1 is 1.29 bits per heavy atom. The fourth-order valence-electron chi connectivity index (χ4n) is 3.39. The molecule has 2 fully saturated rings. The molecular formula is C16H20FNO3. The molecule has 0 aromatic heterocycles. The quantitative estimate of drug-likeness (QED) is 0.921. The second-order valence-corrected chi connectivity index (χ2v) is 5.92. The van der Waals surface area contributed by atoms with Crippen LogP contribution in [0.5, 0.6) is 5.75 Å². The number of amides is 1. The summed E-state index contributed by atoms with van der Waals surface area (Å²) in [4.78, 5) is 14.0. The fourth-order valence-corrected chi connectivity index (χ4v) is 3.39. The molecule has 5 heteroatoms. The van der Waals surface area contributed by atoms with E-state index in [2.05, 4.69) is 0 Å². The number of benzene rings is 1. The molecule has 1 N–H and O–H groups in total. The van der Waals surface area contributed by atoms with E-state index in [1.165, 1.54) is 12.1 Å². The van der Waals surface area contributed by atoms with Crippen molar-refractivity contribution in [2.45, 2.75) is 25.4 Å². The lowest BCUT2D eigenvalue weighted by Crippen LogP contribution is -2.31. The second-order valence-electron chi connectivity index (χ2n) is 5.92. The highest BCUT2D eigenvalue weighted by Crippen LogP contribution is 2.38. The number of fused-ring (bicyclic) bond motifs is 1. The monoisotopic (exact) mass is 293 g/mol. The number of nitrogens with zero attached hydrogens (tertiary/aromatic N) is 1. The normalized spacial score (nSPS) is 27.7. The number of halogens is 1. The average Bonchev–Trinajstić information content (AvgIpc) is 3.04. The van der Waals surface area contributed by atoms with E-state index < -0.39 is 0 Å². The Bertz CT molecular complexity index is 505. The van der Waals surface area contributed by atoms with Crippen LogP contribution in [0.2, 0.25) is 0 Å². The van der Waals surface area contributed by atoms with Gasteiger partial charge < -0.3 is 14.7 Å². The number of aliphatic hydroxyl groups excluding tert-OH is 1. The molecule has 4 nitrogen and oxygen atoms in total. The minimum atomic E-state index is -0.305. The zero-order valence-corrected chi connectivity index (χ0v) is 11.9. The fraction of sp³-hybridized carbons (Fsp3) is 0.562. The molecule has 0 spiro atoms. The van der Waals surface area contributed by atoms with E-state index in [1.807, 2.05) is 4.90 Å². The Kier molecular flexibility index (Phi) is 4.10. The third-order valence-electron chi connectivity index (χ3n) is 4.57. The molecule has 0 radical (unpaired) electrons. The minimum absolute atomic E-state index is 0.0683. The lowest BCUT2D eigenvalue weighted by molar-refractivity contribution is -0.131. The summed E-state index contributed by atoms with van der Waals surface area (Å²) in [5.74, 6) is 1.05. The van der Waals surface area contributed by atoms with Crippen molar-refractivity contribution in [1.29, 1.82) is 0 Å². The summed E-state index contributed by atoms with van der Waals surface area (Å²) in [6, 6.07) is 5.77. The van der Waals surface area contributed by atoms with Gasteiger partial charge in [0, 0.05) is 19.0 Å². The van der Waals surface area contributed by atoms with Crippen LogP contribution in [-0.4, -0.2) is 41.7 Å². The SMILES string of the molecule is O=C(CCOc1ccc(F)cc1)N1CC2CCC(O)C2C1. The van der Waals surface area contributed by atoms with E-state index in [0.29, 0.717) is 31.2 Å². The highest BCUT2D eigenvalue weighted by Gasteiger charge is 2.42. The maximum Gasteiger partial charge on any atom is 0.226 e. The Morgan fingerprint density at radius 2 is 2.05 bits per heavy atom. The zero-order valence-electron chi connectivity index (χ0n) is 11.9. The van der Waals surface area contributed by atoms with E-state index in [1.54, 1.807) is 12.1 Å². The molecule has 0 bridgehead atoms. The van der Waals surface area contributed by atoms with Crippen LogP contribution in [0.4, 0.5) is 4.39 Å². The van der Waals surface area contributed by atoms with Gasteiger partial charge in [-0.25, -0.2) is 4.39 Å². The predicted octanol–water partition coefficient (Wildman–Crippen LogP) is 1.82. The molecule has 114 valence electrons. The van der Waals surface area contributed by atoms with Gasteiger partial charge in [0.15, 0.2) is 0 Å². The van der Waals surface area contributed by atoms with Crippen molar-refractivity contribution in [3.8, 4) is 5.75 Å². The van der Waals surface area contributed by atoms with Gasteiger partial charge in [-0.3, -0.25) is 4.79 Å². The summed E-state index contributed by atoms with van der Waals surface area (Å²) in [7, 11) is 0. The van der Waals surface area contributed by atoms with Gasteiger partial charge in [-0.05, 0) is 43.0 Å². The van der Waals surface area contributed by atoms with E-state index >= 15 is 0 Å². The van der Waals surface area contributed by atoms with Crippen LogP contribution >= 0.6 is 0 Å². The first kappa shape index (κ1) is 14.3. The van der Waals surface area contributed by atoms with Gasteiger partial charge in [0.25, 0.3) is 0 Å². The molecule has 1 aliphatic heterocycles. The topological polar surface area (TPSA) is 49.8 Å². The van der Waals surface area contributed by atoms with E-state index in [4.69, 9.17) is 4.74 Å². The number of hydrogen-bond acceptors (Lipinski definition) is 3. The number of hydrogen-bond donors (Lipinski definition) is 1. The Morgan fingerprint density at radius 3 is 2.76 bits per heavy atom. The number of rotatable bonds is 4. The number of carbonyl (C=O) groups is 1. The number of aliphatic hydroxyl groups is 1. The molecule has 3 rings (SSSR count). The summed E-state index contributed by atoms with van der Waals surface area (Å²) < 4.78 is 18.2. The Balaban J connectivity index is 1.44. The third kappa shape index (κ3) is 3.18. The predicted molar refractivity (Wildman–Crippen MR) is 75.3 cm³/mol. The van der Waals surface area contributed by atoms with Crippen molar-refractivity contribution in [2.75, 3.05) is 19.7 Å². The molecule has 2 aliphatic rings. The summed E-state index contributed by atoms with van der Waals surface area (Å²) in [5.41, 5.74) is 0. The molecule has 21 heavy (non-hydrogen) atoms. The van der Waals surface area contributed by atoms with Gasteiger partial charge in [0.1, 0.15) is 11.6 Å². The third-order valence-corrected chi connectivity index (χ3v) is 4.57. The summed E-state index contributed by atoms with van der Waals surface area (Å²) in [6.45, 7) is 1.72. The molecule has 1 saturated carbocycles. The standard InChI is InChI=1S/C16H20FNO3/c17-12-2-4-13(5-3-12)21-8-7-16(20)18-9-11-1-6-15(19)14(11)10-18/h2-5,11,14-15,19H,1,6-10H2. The van der Waals surface area contributed by atoms with Crippen LogP contribution in [0.25, 0.3) is 0 Å². The summed E-state index contributed by atoms with van der Waals surface area (Å²) >= 11 is 0. The molecular weight excluding hydrogens is 273 g/mol.